The van der Waals surface area contributed by atoms with Crippen LogP contribution in [0.1, 0.15) is 87.1 Å². The molecule has 2 amide bonds. The van der Waals surface area contributed by atoms with E-state index in [4.69, 9.17) is 9.94 Å². The van der Waals surface area contributed by atoms with Crippen molar-refractivity contribution in [2.75, 3.05) is 0 Å². The van der Waals surface area contributed by atoms with Crippen LogP contribution in [-0.2, 0) is 16.0 Å². The monoisotopic (exact) mass is 516 g/mol. The van der Waals surface area contributed by atoms with Gasteiger partial charge in [0.05, 0.1) is 23.0 Å². The van der Waals surface area contributed by atoms with Gasteiger partial charge < -0.3 is 20.6 Å². The smallest absolute Gasteiger partial charge is 0.408 e. The molecule has 1 saturated heterocycles. The van der Waals surface area contributed by atoms with Gasteiger partial charge in [-0.3, -0.25) is 4.79 Å². The Morgan fingerprint density at radius 3 is 2.16 bits per heavy atom. The number of carbonyl (C=O) groups excluding carboxylic acids is 2. The van der Waals surface area contributed by atoms with Gasteiger partial charge in [0.1, 0.15) is 5.60 Å². The Labute approximate surface area is 224 Å². The van der Waals surface area contributed by atoms with Crippen molar-refractivity contribution in [3.8, 4) is 0 Å². The Bertz CT molecular complexity index is 901. The lowest BCUT2D eigenvalue weighted by Gasteiger charge is -2.48. The van der Waals surface area contributed by atoms with E-state index in [9.17, 15) is 9.59 Å². The number of rotatable bonds is 9. The van der Waals surface area contributed by atoms with E-state index in [0.717, 1.165) is 12.0 Å². The molecule has 0 unspecified atom stereocenters. The molecule has 4 N–H and O–H groups in total. The lowest BCUT2D eigenvalue weighted by Crippen LogP contribution is -2.63. The van der Waals surface area contributed by atoms with Crippen molar-refractivity contribution < 1.29 is 19.5 Å². The molecule has 1 aliphatic heterocycles. The van der Waals surface area contributed by atoms with Crippen LogP contribution in [0, 0.1) is 11.8 Å². The van der Waals surface area contributed by atoms with Crippen LogP contribution in [0.4, 0.5) is 4.79 Å². The van der Waals surface area contributed by atoms with Crippen LogP contribution in [-0.4, -0.2) is 51.0 Å². The van der Waals surface area contributed by atoms with Gasteiger partial charge in [-0.1, -0.05) is 61.4 Å². The highest BCUT2D eigenvalue weighted by molar-refractivity contribution is 5.81. The molecule has 0 radical (unpaired) electrons. The normalized spacial score (nSPS) is 20.0. The maximum atomic E-state index is 13.6. The Morgan fingerprint density at radius 2 is 1.65 bits per heavy atom. The minimum absolute atomic E-state index is 0.0166. The first-order chi connectivity index (χ1) is 17.0. The van der Waals surface area contributed by atoms with E-state index in [0.29, 0.717) is 25.2 Å². The third kappa shape index (κ3) is 10.1. The van der Waals surface area contributed by atoms with E-state index >= 15 is 0 Å². The Kier molecular flexibility index (Phi) is 10.4. The second kappa shape index (κ2) is 12.4. The summed E-state index contributed by atoms with van der Waals surface area (Å²) in [6, 6.07) is 9.73. The van der Waals surface area contributed by atoms with Crippen molar-refractivity contribution in [3.05, 3.63) is 48.0 Å². The molecule has 0 aliphatic carbocycles. The van der Waals surface area contributed by atoms with Crippen LogP contribution in [0.25, 0.3) is 0 Å². The number of hydrogen-bond donors (Lipinski definition) is 2. The van der Waals surface area contributed by atoms with Gasteiger partial charge in [0.25, 0.3) is 0 Å². The minimum Gasteiger partial charge on any atom is -0.444 e. The van der Waals surface area contributed by atoms with Crippen LogP contribution in [0.5, 0.6) is 0 Å². The molecule has 7 heteroatoms. The maximum absolute atomic E-state index is 13.6. The molecule has 7 nitrogen and oxygen atoms in total. The van der Waals surface area contributed by atoms with Crippen LogP contribution in [0.3, 0.4) is 0 Å². The first-order valence-electron chi connectivity index (χ1n) is 13.5. The van der Waals surface area contributed by atoms with Crippen molar-refractivity contribution in [3.63, 3.8) is 0 Å². The topological polar surface area (TPSA) is 93.6 Å². The molecule has 0 aromatic heterocycles. The molecular formula is C30H50N3O4+. The molecule has 2 atom stereocenters. The average Bonchev–Trinajstić information content (AvgIpc) is 2.73. The largest absolute Gasteiger partial charge is 0.444 e. The molecule has 1 aromatic rings. The van der Waals surface area contributed by atoms with Gasteiger partial charge in [0, 0.05) is 6.04 Å². The fourth-order valence-corrected chi connectivity index (χ4v) is 5.23. The first-order valence-corrected chi connectivity index (χ1v) is 13.5. The molecule has 0 bridgehead atoms. The predicted molar refractivity (Wildman–Crippen MR) is 150 cm³/mol. The Hall–Kier alpha value is -2.38. The highest BCUT2D eigenvalue weighted by Crippen LogP contribution is 2.36. The van der Waals surface area contributed by atoms with Gasteiger partial charge in [0.2, 0.25) is 5.91 Å². The lowest BCUT2D eigenvalue weighted by molar-refractivity contribution is -0.246. The lowest BCUT2D eigenvalue weighted by atomic mass is 9.78. The molecule has 2 rings (SSSR count). The molecule has 1 heterocycles. The number of alkyl carbamates (subject to hydrolysis) is 1. The molecule has 208 valence electrons. The van der Waals surface area contributed by atoms with E-state index in [2.05, 4.69) is 52.2 Å². The zero-order chi connectivity index (χ0) is 28.0. The minimum atomic E-state index is -0.581. The van der Waals surface area contributed by atoms with Crippen molar-refractivity contribution in [2.24, 2.45) is 11.8 Å². The molecule has 1 aliphatic rings. The summed E-state index contributed by atoms with van der Waals surface area (Å²) in [5, 5.41) is 16.5. The van der Waals surface area contributed by atoms with Crippen LogP contribution in [0.15, 0.2) is 42.5 Å². The van der Waals surface area contributed by atoms with Crippen molar-refractivity contribution >= 4 is 12.0 Å². The van der Waals surface area contributed by atoms with E-state index in [-0.39, 0.29) is 29.1 Å². The van der Waals surface area contributed by atoms with Gasteiger partial charge in [-0.15, -0.1) is 0 Å². The fraction of sp³-hybridized carbons (Fsp3) is 0.667. The van der Waals surface area contributed by atoms with Gasteiger partial charge >= 0.3 is 6.09 Å². The van der Waals surface area contributed by atoms with Crippen molar-refractivity contribution in [1.82, 2.24) is 15.7 Å². The summed E-state index contributed by atoms with van der Waals surface area (Å²) in [5.41, 5.74) is -0.189. The molecule has 0 spiro atoms. The summed E-state index contributed by atoms with van der Waals surface area (Å²) in [5.74, 6) is -0.0704. The predicted octanol–water partition coefficient (Wildman–Crippen LogP) is 5.12. The molecule has 1 fully saturated rings. The zero-order valence-corrected chi connectivity index (χ0v) is 24.4. The first kappa shape index (κ1) is 30.8. The van der Waals surface area contributed by atoms with Gasteiger partial charge in [-0.2, -0.15) is 0 Å². The number of hydrogen-bond acceptors (Lipinski definition) is 4. The number of amides is 2. The van der Waals surface area contributed by atoms with Crippen LogP contribution >= 0.6 is 0 Å². The van der Waals surface area contributed by atoms with Crippen molar-refractivity contribution in [1.29, 1.82) is 0 Å². The second-order valence-electron chi connectivity index (χ2n) is 13.1. The number of carbonyl (C=O) groups is 2. The maximum Gasteiger partial charge on any atom is 0.408 e. The van der Waals surface area contributed by atoms with Gasteiger partial charge in [0.15, 0.2) is 0 Å². The average molecular weight is 517 g/mol. The fourth-order valence-electron chi connectivity index (χ4n) is 5.23. The number of nitrogens with zero attached hydrogens (tertiary/aromatic N) is 1. The van der Waals surface area contributed by atoms with Crippen LogP contribution in [0.2, 0.25) is 0 Å². The van der Waals surface area contributed by atoms with Gasteiger partial charge in [-0.05, 0) is 85.6 Å². The zero-order valence-electron chi connectivity index (χ0n) is 24.4. The summed E-state index contributed by atoms with van der Waals surface area (Å²) in [6.07, 6.45) is 6.14. The number of ether oxygens (including phenoxy) is 1. The third-order valence-corrected chi connectivity index (χ3v) is 6.69. The Morgan fingerprint density at radius 1 is 1.08 bits per heavy atom. The summed E-state index contributed by atoms with van der Waals surface area (Å²) in [7, 11) is 0. The second-order valence-corrected chi connectivity index (χ2v) is 13.1. The highest BCUT2D eigenvalue weighted by Gasteiger charge is 2.49. The highest BCUT2D eigenvalue weighted by atomic mass is 16.6. The summed E-state index contributed by atoms with van der Waals surface area (Å²) in [4.78, 5) is 26.1. The van der Waals surface area contributed by atoms with Crippen LogP contribution < -0.4 is 10.6 Å². The molecular weight excluding hydrogens is 466 g/mol. The van der Waals surface area contributed by atoms with Gasteiger partial charge in [-0.25, -0.2) is 4.79 Å². The summed E-state index contributed by atoms with van der Waals surface area (Å²) >= 11 is 0. The van der Waals surface area contributed by atoms with Crippen molar-refractivity contribution in [2.45, 2.75) is 117 Å². The summed E-state index contributed by atoms with van der Waals surface area (Å²) in [6.45, 7) is 18.0. The summed E-state index contributed by atoms with van der Waals surface area (Å²) < 4.78 is 5.47. The molecule has 37 heavy (non-hydrogen) atoms. The SMILES string of the molecule is CC(C)C[C@@H](/C=C/[C@H](Cc1ccccc1)C(=O)NC1CC(C)(C)N([OH2+])C(C)(C)C1)NC(=O)OC(C)(C)C. The number of hydroxylamine groups is 2. The Balaban J connectivity index is 2.24. The van der Waals surface area contributed by atoms with E-state index in [1.165, 1.54) is 0 Å². The molecule has 0 saturated carbocycles. The third-order valence-electron chi connectivity index (χ3n) is 6.69. The van der Waals surface area contributed by atoms with E-state index in [1.807, 2.05) is 63.3 Å². The quantitative estimate of drug-likeness (QED) is 0.352. The van der Waals surface area contributed by atoms with E-state index < -0.39 is 17.6 Å². The van der Waals surface area contributed by atoms with E-state index in [1.54, 1.807) is 5.06 Å². The molecule has 1 aromatic carbocycles. The standard InChI is InChI=1S/C30H49N3O4/c1-21(2)17-24(32-27(35)37-28(3,4)5)16-15-23(18-22-13-11-10-12-14-22)26(34)31-25-19-29(6,7)33(36)30(8,9)20-25/h10-16,21,23-25,36H,17-20H2,1-9H3,(H,31,34)(H,32,35)/p+1/b16-15+/t23-,24-/m1/s1. The number of benzene rings is 1. The number of piperidine rings is 1. The number of nitrogens with one attached hydrogen (secondary N) is 2.